The predicted molar refractivity (Wildman–Crippen MR) is 190 cm³/mol. The zero-order valence-corrected chi connectivity index (χ0v) is 29.0. The van der Waals surface area contributed by atoms with E-state index in [0.29, 0.717) is 24.9 Å². The topological polar surface area (TPSA) is 50.3 Å². The lowest BCUT2D eigenvalue weighted by Crippen LogP contribution is -2.53. The van der Waals surface area contributed by atoms with Crippen molar-refractivity contribution in [1.29, 1.82) is 0 Å². The fourth-order valence-electron chi connectivity index (χ4n) is 8.51. The van der Waals surface area contributed by atoms with Gasteiger partial charge in [-0.1, -0.05) is 49.0 Å². The van der Waals surface area contributed by atoms with Gasteiger partial charge in [0, 0.05) is 82.6 Å². The molecule has 3 fully saturated rings. The molecule has 4 aliphatic rings. The van der Waals surface area contributed by atoms with Crippen LogP contribution >= 0.6 is 0 Å². The number of benzene rings is 2. The molecule has 0 saturated carbocycles. The van der Waals surface area contributed by atoms with E-state index < -0.39 is 0 Å². The number of hydrogen-bond acceptors (Lipinski definition) is 5. The first-order valence-corrected chi connectivity index (χ1v) is 18.4. The van der Waals surface area contributed by atoms with Crippen molar-refractivity contribution < 1.29 is 9.59 Å². The Morgan fingerprint density at radius 1 is 0.894 bits per heavy atom. The van der Waals surface area contributed by atoms with E-state index in [2.05, 4.69) is 76.5 Å². The van der Waals surface area contributed by atoms with Crippen LogP contribution in [0.4, 0.5) is 0 Å². The molecule has 0 N–H and O–H groups in total. The Bertz CT molecular complexity index is 1370. The Morgan fingerprint density at radius 2 is 1.57 bits per heavy atom. The van der Waals surface area contributed by atoms with Crippen LogP contribution in [0.15, 0.2) is 54.7 Å². The van der Waals surface area contributed by atoms with Crippen LogP contribution in [0.25, 0.3) is 0 Å². The molecule has 254 valence electrons. The van der Waals surface area contributed by atoms with Crippen LogP contribution in [0, 0.1) is 12.8 Å². The van der Waals surface area contributed by atoms with Crippen LogP contribution in [0.3, 0.4) is 0 Å². The number of piperidine rings is 2. The second-order valence-electron chi connectivity index (χ2n) is 14.8. The van der Waals surface area contributed by atoms with Crippen LogP contribution in [-0.2, 0) is 35.4 Å². The van der Waals surface area contributed by atoms with E-state index in [0.717, 1.165) is 103 Å². The number of amides is 2. The summed E-state index contributed by atoms with van der Waals surface area (Å²) in [5, 5.41) is 0. The van der Waals surface area contributed by atoms with Gasteiger partial charge >= 0.3 is 0 Å². The van der Waals surface area contributed by atoms with E-state index in [1.807, 2.05) is 11.0 Å². The Hall–Kier alpha value is -3.16. The maximum atomic E-state index is 14.3. The van der Waals surface area contributed by atoms with Crippen LogP contribution in [0.1, 0.15) is 72.8 Å². The van der Waals surface area contributed by atoms with Crippen molar-refractivity contribution in [1.82, 2.24) is 24.5 Å². The third-order valence-corrected chi connectivity index (χ3v) is 11.7. The number of nitrogens with zero attached hydrogens (tertiary/aromatic N) is 5. The molecule has 1 unspecified atom stereocenters. The van der Waals surface area contributed by atoms with Crippen LogP contribution in [0.5, 0.6) is 0 Å². The maximum absolute atomic E-state index is 14.3. The molecule has 7 heteroatoms. The van der Waals surface area contributed by atoms with E-state index in [1.54, 1.807) is 0 Å². The number of carbonyl (C=O) groups excluding carboxylic acids is 2. The molecule has 0 radical (unpaired) electrons. The number of hydrogen-bond donors (Lipinski definition) is 0. The van der Waals surface area contributed by atoms with E-state index >= 15 is 0 Å². The molecule has 3 heterocycles. The lowest BCUT2D eigenvalue weighted by atomic mass is 9.86. The Kier molecular flexibility index (Phi) is 11.4. The average Bonchev–Trinajstić information content (AvgIpc) is 3.11. The summed E-state index contributed by atoms with van der Waals surface area (Å²) >= 11 is 0. The second-order valence-corrected chi connectivity index (χ2v) is 14.8. The summed E-state index contributed by atoms with van der Waals surface area (Å²) in [5.74, 6) is 0.204. The molecule has 47 heavy (non-hydrogen) atoms. The molecule has 1 atom stereocenters. The first-order chi connectivity index (χ1) is 22.9. The largest absolute Gasteiger partial charge is 0.375 e. The van der Waals surface area contributed by atoms with Gasteiger partial charge in [-0.3, -0.25) is 14.5 Å². The van der Waals surface area contributed by atoms with Gasteiger partial charge in [0.1, 0.15) is 0 Å². The molecule has 2 amide bonds. The number of piperazine rings is 1. The number of allylic oxidation sites excluding steroid dienone is 1. The Labute approximate surface area is 283 Å². The van der Waals surface area contributed by atoms with Gasteiger partial charge in [0.05, 0.1) is 0 Å². The van der Waals surface area contributed by atoms with Crippen molar-refractivity contribution >= 4 is 12.3 Å². The fraction of sp³-hybridized carbons (Fsp3) is 0.600. The monoisotopic (exact) mass is 639 g/mol. The Morgan fingerprint density at radius 3 is 2.28 bits per heavy atom. The number of likely N-dealkylation sites (N-methyl/N-ethyl adjacent to an activating group) is 1. The normalized spacial score (nSPS) is 20.9. The second kappa shape index (κ2) is 15.8. The zero-order valence-electron chi connectivity index (χ0n) is 29.0. The standard InChI is InChI=1S/C40H57N5O2/c1-31-8-4-5-11-36(31)29-45(30-46)39-14-18-42(19-15-39)32(2)26-37(28-33-12-13-34-9-6-7-10-35(34)27-33)40(47)44-20-16-38(17-21-44)43-24-22-41(3)23-25-43/h4-5,8,11-13,27,30,37-39H,2,6-7,9-10,14-26,28-29H2,1,3H3. The van der Waals surface area contributed by atoms with Gasteiger partial charge in [-0.25, -0.2) is 0 Å². The third-order valence-electron chi connectivity index (χ3n) is 11.7. The van der Waals surface area contributed by atoms with E-state index in [9.17, 15) is 9.59 Å². The van der Waals surface area contributed by atoms with Gasteiger partial charge in [0.25, 0.3) is 0 Å². The molecular formula is C40H57N5O2. The van der Waals surface area contributed by atoms with Gasteiger partial charge in [0.15, 0.2) is 0 Å². The SMILES string of the molecule is C=C(CC(Cc1ccc2c(c1)CCCC2)C(=O)N1CCC(N2CCN(C)CC2)CC1)N1CCC(N(C=O)Cc2ccccc2C)CC1. The number of carbonyl (C=O) groups is 2. The molecule has 3 aliphatic heterocycles. The molecule has 2 aromatic rings. The number of fused-ring (bicyclic) bond motifs is 1. The van der Waals surface area contributed by atoms with Crippen LogP contribution in [0.2, 0.25) is 0 Å². The van der Waals surface area contributed by atoms with Crippen molar-refractivity contribution in [2.75, 3.05) is 59.4 Å². The van der Waals surface area contributed by atoms with Crippen LogP contribution in [-0.4, -0.2) is 108 Å². The molecule has 1 aliphatic carbocycles. The quantitative estimate of drug-likeness (QED) is 0.313. The minimum atomic E-state index is -0.102. The van der Waals surface area contributed by atoms with Gasteiger partial charge < -0.3 is 19.6 Å². The summed E-state index contributed by atoms with van der Waals surface area (Å²) in [5.41, 5.74) is 7.78. The van der Waals surface area contributed by atoms with Crippen molar-refractivity contribution in [2.24, 2.45) is 5.92 Å². The smallest absolute Gasteiger partial charge is 0.226 e. The van der Waals surface area contributed by atoms with Gasteiger partial charge in [0.2, 0.25) is 12.3 Å². The van der Waals surface area contributed by atoms with Crippen molar-refractivity contribution in [3.63, 3.8) is 0 Å². The summed E-state index contributed by atoms with van der Waals surface area (Å²) in [7, 11) is 2.21. The zero-order chi connectivity index (χ0) is 32.8. The summed E-state index contributed by atoms with van der Waals surface area (Å²) in [6.07, 6.45) is 11.4. The molecule has 2 aromatic carbocycles. The minimum Gasteiger partial charge on any atom is -0.375 e. The number of likely N-dealkylation sites (tertiary alicyclic amines) is 2. The summed E-state index contributed by atoms with van der Waals surface area (Å²) in [6.45, 7) is 15.4. The highest BCUT2D eigenvalue weighted by Gasteiger charge is 2.33. The molecule has 6 rings (SSSR count). The number of rotatable bonds is 11. The first kappa shape index (κ1) is 33.7. The van der Waals surface area contributed by atoms with E-state index in [1.165, 1.54) is 47.1 Å². The highest BCUT2D eigenvalue weighted by Crippen LogP contribution is 2.29. The lowest BCUT2D eigenvalue weighted by molar-refractivity contribution is -0.137. The van der Waals surface area contributed by atoms with Crippen LogP contribution < -0.4 is 0 Å². The Balaban J connectivity index is 1.08. The first-order valence-electron chi connectivity index (χ1n) is 18.4. The van der Waals surface area contributed by atoms with Crippen molar-refractivity contribution in [2.45, 2.75) is 89.8 Å². The molecule has 0 bridgehead atoms. The molecular weight excluding hydrogens is 582 g/mol. The molecule has 7 nitrogen and oxygen atoms in total. The fourth-order valence-corrected chi connectivity index (χ4v) is 8.51. The molecule has 0 spiro atoms. The van der Waals surface area contributed by atoms with Crippen molar-refractivity contribution in [3.8, 4) is 0 Å². The summed E-state index contributed by atoms with van der Waals surface area (Å²) in [6, 6.07) is 16.2. The maximum Gasteiger partial charge on any atom is 0.226 e. The highest BCUT2D eigenvalue weighted by atomic mass is 16.2. The van der Waals surface area contributed by atoms with E-state index in [4.69, 9.17) is 0 Å². The average molecular weight is 640 g/mol. The van der Waals surface area contributed by atoms with Gasteiger partial charge in [-0.15, -0.1) is 0 Å². The third kappa shape index (κ3) is 8.47. The minimum absolute atomic E-state index is 0.102. The van der Waals surface area contributed by atoms with Gasteiger partial charge in [-0.2, -0.15) is 0 Å². The highest BCUT2D eigenvalue weighted by molar-refractivity contribution is 5.79. The molecule has 0 aromatic heterocycles. The summed E-state index contributed by atoms with van der Waals surface area (Å²) < 4.78 is 0. The number of aryl methyl sites for hydroxylation is 3. The summed E-state index contributed by atoms with van der Waals surface area (Å²) in [4.78, 5) is 38.1. The molecule has 3 saturated heterocycles. The predicted octanol–water partition coefficient (Wildman–Crippen LogP) is 5.30. The van der Waals surface area contributed by atoms with E-state index in [-0.39, 0.29) is 12.0 Å². The van der Waals surface area contributed by atoms with Gasteiger partial charge in [-0.05, 0) is 106 Å². The lowest BCUT2D eigenvalue weighted by Gasteiger charge is -2.43. The van der Waals surface area contributed by atoms with Crippen molar-refractivity contribution in [3.05, 3.63) is 82.6 Å².